The number of hydrogen-bond donors (Lipinski definition) is 2. The normalized spacial score (nSPS) is 12.6. The van der Waals surface area contributed by atoms with Crippen molar-refractivity contribution in [2.75, 3.05) is 13.7 Å². The zero-order chi connectivity index (χ0) is 8.69. The fourth-order valence-electron chi connectivity index (χ4n) is 0.885. The Morgan fingerprint density at radius 1 is 1.64 bits per heavy atom. The van der Waals surface area contributed by atoms with Gasteiger partial charge in [-0.1, -0.05) is 13.3 Å². The molecule has 3 heteroatoms. The van der Waals surface area contributed by atoms with Crippen molar-refractivity contribution >= 4 is 5.91 Å². The molecular formula is C8H17NO2. The summed E-state index contributed by atoms with van der Waals surface area (Å²) in [6, 6.07) is 0. The third-order valence-electron chi connectivity index (χ3n) is 1.89. The Labute approximate surface area is 67.8 Å². The van der Waals surface area contributed by atoms with Crippen LogP contribution in [0.1, 0.15) is 26.2 Å². The molecular weight excluding hydrogens is 142 g/mol. The van der Waals surface area contributed by atoms with Crippen LogP contribution >= 0.6 is 0 Å². The summed E-state index contributed by atoms with van der Waals surface area (Å²) in [4.78, 5) is 10.8. The molecule has 11 heavy (non-hydrogen) atoms. The molecule has 0 aromatic heterocycles. The number of aliphatic hydroxyl groups is 1. The lowest BCUT2D eigenvalue weighted by molar-refractivity contribution is -0.120. The molecule has 66 valence electrons. The van der Waals surface area contributed by atoms with Gasteiger partial charge in [-0.05, 0) is 12.3 Å². The van der Waals surface area contributed by atoms with Gasteiger partial charge in [0.15, 0.2) is 0 Å². The number of rotatable bonds is 5. The minimum atomic E-state index is 0.0527. The van der Waals surface area contributed by atoms with E-state index >= 15 is 0 Å². The summed E-state index contributed by atoms with van der Waals surface area (Å²) < 4.78 is 0. The van der Waals surface area contributed by atoms with Gasteiger partial charge in [-0.15, -0.1) is 0 Å². The van der Waals surface area contributed by atoms with E-state index in [2.05, 4.69) is 5.32 Å². The summed E-state index contributed by atoms with van der Waals surface area (Å²) in [6.45, 7) is 2.21. The monoisotopic (exact) mass is 159 g/mol. The van der Waals surface area contributed by atoms with Gasteiger partial charge >= 0.3 is 0 Å². The third kappa shape index (κ3) is 4.79. The first-order valence-corrected chi connectivity index (χ1v) is 4.06. The summed E-state index contributed by atoms with van der Waals surface area (Å²) in [7, 11) is 1.63. The molecule has 0 bridgehead atoms. The molecule has 0 rings (SSSR count). The molecule has 0 aliphatic heterocycles. The lowest BCUT2D eigenvalue weighted by Crippen LogP contribution is -2.19. The minimum Gasteiger partial charge on any atom is -0.396 e. The molecule has 0 fully saturated rings. The topological polar surface area (TPSA) is 49.3 Å². The van der Waals surface area contributed by atoms with E-state index < -0.39 is 0 Å². The molecule has 1 unspecified atom stereocenters. The number of carbonyl (C=O) groups is 1. The molecule has 1 amide bonds. The minimum absolute atomic E-state index is 0.0527. The summed E-state index contributed by atoms with van der Waals surface area (Å²) >= 11 is 0. The summed E-state index contributed by atoms with van der Waals surface area (Å²) in [6.07, 6.45) is 2.25. The molecule has 2 N–H and O–H groups in total. The Bertz CT molecular complexity index is 111. The number of nitrogens with one attached hydrogen (secondary N) is 1. The Kier molecular flexibility index (Phi) is 5.84. The second kappa shape index (κ2) is 6.16. The molecule has 3 nitrogen and oxygen atoms in total. The van der Waals surface area contributed by atoms with Crippen molar-refractivity contribution < 1.29 is 9.90 Å². The second-order valence-corrected chi connectivity index (χ2v) is 2.67. The highest BCUT2D eigenvalue weighted by molar-refractivity contribution is 5.75. The van der Waals surface area contributed by atoms with Crippen molar-refractivity contribution in [1.82, 2.24) is 5.32 Å². The standard InChI is InChI=1S/C8H17NO2/c1-3-7(6-10)4-5-8(11)9-2/h7,10H,3-6H2,1-2H3,(H,9,11). The molecule has 0 aromatic rings. The van der Waals surface area contributed by atoms with Crippen molar-refractivity contribution in [3.05, 3.63) is 0 Å². The first kappa shape index (κ1) is 10.4. The lowest BCUT2D eigenvalue weighted by Gasteiger charge is -2.09. The SMILES string of the molecule is CCC(CO)CCC(=O)NC. The molecule has 0 aliphatic rings. The molecule has 0 saturated heterocycles. The quantitative estimate of drug-likeness (QED) is 0.614. The summed E-state index contributed by atoms with van der Waals surface area (Å²) in [5.41, 5.74) is 0. The predicted octanol–water partition coefficient (Wildman–Crippen LogP) is 0.531. The predicted molar refractivity (Wildman–Crippen MR) is 44.2 cm³/mol. The smallest absolute Gasteiger partial charge is 0.219 e. The molecule has 0 radical (unpaired) electrons. The van der Waals surface area contributed by atoms with Gasteiger partial charge in [-0.25, -0.2) is 0 Å². The van der Waals surface area contributed by atoms with Gasteiger partial charge in [0.25, 0.3) is 0 Å². The largest absolute Gasteiger partial charge is 0.396 e. The first-order valence-electron chi connectivity index (χ1n) is 4.06. The number of aliphatic hydroxyl groups excluding tert-OH is 1. The van der Waals surface area contributed by atoms with Crippen LogP contribution in [0.5, 0.6) is 0 Å². The Morgan fingerprint density at radius 3 is 2.64 bits per heavy atom. The van der Waals surface area contributed by atoms with Crippen LogP contribution < -0.4 is 5.32 Å². The van der Waals surface area contributed by atoms with E-state index in [1.165, 1.54) is 0 Å². The lowest BCUT2D eigenvalue weighted by atomic mass is 10.0. The highest BCUT2D eigenvalue weighted by Gasteiger charge is 2.06. The summed E-state index contributed by atoms with van der Waals surface area (Å²) in [5.74, 6) is 0.337. The maximum atomic E-state index is 10.8. The van der Waals surface area contributed by atoms with Crippen LogP contribution in [0.4, 0.5) is 0 Å². The Balaban J connectivity index is 3.42. The average Bonchev–Trinajstić information content (AvgIpc) is 2.06. The third-order valence-corrected chi connectivity index (χ3v) is 1.89. The molecule has 0 spiro atoms. The second-order valence-electron chi connectivity index (χ2n) is 2.67. The van der Waals surface area contributed by atoms with E-state index in [-0.39, 0.29) is 18.4 Å². The Hall–Kier alpha value is -0.570. The van der Waals surface area contributed by atoms with Crippen LogP contribution in [0.3, 0.4) is 0 Å². The van der Waals surface area contributed by atoms with E-state index in [0.717, 1.165) is 12.8 Å². The van der Waals surface area contributed by atoms with Gasteiger partial charge in [0, 0.05) is 20.1 Å². The number of carbonyl (C=O) groups excluding carboxylic acids is 1. The Morgan fingerprint density at radius 2 is 2.27 bits per heavy atom. The van der Waals surface area contributed by atoms with E-state index in [1.807, 2.05) is 6.92 Å². The fraction of sp³-hybridized carbons (Fsp3) is 0.875. The molecule has 0 heterocycles. The van der Waals surface area contributed by atoms with E-state index in [9.17, 15) is 4.79 Å². The van der Waals surface area contributed by atoms with Crippen molar-refractivity contribution in [2.45, 2.75) is 26.2 Å². The molecule has 0 aliphatic carbocycles. The zero-order valence-corrected chi connectivity index (χ0v) is 7.26. The van der Waals surface area contributed by atoms with Gasteiger partial charge in [0.05, 0.1) is 0 Å². The summed E-state index contributed by atoms with van der Waals surface area (Å²) in [5, 5.41) is 11.3. The highest BCUT2D eigenvalue weighted by Crippen LogP contribution is 2.08. The van der Waals surface area contributed by atoms with Gasteiger partial charge in [-0.2, -0.15) is 0 Å². The van der Waals surface area contributed by atoms with Crippen LogP contribution in [0, 0.1) is 5.92 Å². The van der Waals surface area contributed by atoms with Gasteiger partial charge in [-0.3, -0.25) is 4.79 Å². The van der Waals surface area contributed by atoms with E-state index in [1.54, 1.807) is 7.05 Å². The maximum Gasteiger partial charge on any atom is 0.219 e. The molecule has 1 atom stereocenters. The highest BCUT2D eigenvalue weighted by atomic mass is 16.3. The van der Waals surface area contributed by atoms with Gasteiger partial charge in [0.2, 0.25) is 5.91 Å². The van der Waals surface area contributed by atoms with Crippen LogP contribution in [0.2, 0.25) is 0 Å². The molecule has 0 saturated carbocycles. The van der Waals surface area contributed by atoms with Crippen LogP contribution in [-0.4, -0.2) is 24.7 Å². The van der Waals surface area contributed by atoms with E-state index in [0.29, 0.717) is 6.42 Å². The van der Waals surface area contributed by atoms with Crippen LogP contribution in [-0.2, 0) is 4.79 Å². The fourth-order valence-corrected chi connectivity index (χ4v) is 0.885. The number of hydrogen-bond acceptors (Lipinski definition) is 2. The van der Waals surface area contributed by atoms with Crippen molar-refractivity contribution in [3.63, 3.8) is 0 Å². The van der Waals surface area contributed by atoms with Crippen molar-refractivity contribution in [1.29, 1.82) is 0 Å². The van der Waals surface area contributed by atoms with Gasteiger partial charge < -0.3 is 10.4 Å². The van der Waals surface area contributed by atoms with Crippen molar-refractivity contribution in [2.24, 2.45) is 5.92 Å². The number of amides is 1. The zero-order valence-electron chi connectivity index (χ0n) is 7.26. The average molecular weight is 159 g/mol. The van der Waals surface area contributed by atoms with Crippen LogP contribution in [0.15, 0.2) is 0 Å². The maximum absolute atomic E-state index is 10.8. The first-order chi connectivity index (χ1) is 5.24. The van der Waals surface area contributed by atoms with E-state index in [4.69, 9.17) is 5.11 Å². The van der Waals surface area contributed by atoms with Crippen molar-refractivity contribution in [3.8, 4) is 0 Å². The van der Waals surface area contributed by atoms with Gasteiger partial charge in [0.1, 0.15) is 0 Å². The molecule has 0 aromatic carbocycles. The van der Waals surface area contributed by atoms with Crippen LogP contribution in [0.25, 0.3) is 0 Å².